The first kappa shape index (κ1) is 18.4. The van der Waals surface area contributed by atoms with Gasteiger partial charge in [-0.2, -0.15) is 0 Å². The van der Waals surface area contributed by atoms with E-state index in [0.717, 1.165) is 6.42 Å². The van der Waals surface area contributed by atoms with Crippen molar-refractivity contribution in [3.05, 3.63) is 29.3 Å². The molecule has 2 heteroatoms. The summed E-state index contributed by atoms with van der Waals surface area (Å²) in [7, 11) is 0. The molecule has 1 aromatic carbocycles. The lowest BCUT2D eigenvalue weighted by molar-refractivity contribution is 0.461. The van der Waals surface area contributed by atoms with Gasteiger partial charge in [-0.3, -0.25) is 0 Å². The molecule has 0 atom stereocenters. The van der Waals surface area contributed by atoms with Gasteiger partial charge in [-0.15, -0.1) is 0 Å². The van der Waals surface area contributed by atoms with E-state index in [1.165, 1.54) is 86.7 Å². The van der Waals surface area contributed by atoms with Gasteiger partial charge in [-0.1, -0.05) is 63.7 Å². The largest absolute Gasteiger partial charge is 0.382 e. The van der Waals surface area contributed by atoms with Gasteiger partial charge in [-0.25, -0.2) is 0 Å². The number of allylic oxidation sites excluding steroid dienone is 1. The van der Waals surface area contributed by atoms with Crippen LogP contribution in [0, 0.1) is 6.92 Å². The molecule has 0 unspecified atom stereocenters. The van der Waals surface area contributed by atoms with E-state index in [2.05, 4.69) is 48.8 Å². The van der Waals surface area contributed by atoms with Crippen molar-refractivity contribution in [3.8, 4) is 0 Å². The van der Waals surface area contributed by atoms with Crippen molar-refractivity contribution in [2.75, 3.05) is 10.6 Å². The van der Waals surface area contributed by atoms with E-state index in [4.69, 9.17) is 0 Å². The highest BCUT2D eigenvalue weighted by Gasteiger charge is 2.18. The van der Waals surface area contributed by atoms with Gasteiger partial charge in [0.1, 0.15) is 0 Å². The molecule has 2 aliphatic rings. The molecular formula is C23H36N2. The van der Waals surface area contributed by atoms with Crippen LogP contribution in [-0.4, -0.2) is 12.1 Å². The molecule has 0 aromatic heterocycles. The van der Waals surface area contributed by atoms with Crippen LogP contribution >= 0.6 is 0 Å². The van der Waals surface area contributed by atoms with Gasteiger partial charge in [0.15, 0.2) is 0 Å². The summed E-state index contributed by atoms with van der Waals surface area (Å²) in [5.41, 5.74) is 5.43. The Balaban J connectivity index is 1.81. The van der Waals surface area contributed by atoms with Gasteiger partial charge >= 0.3 is 0 Å². The first-order valence-electron chi connectivity index (χ1n) is 10.6. The Morgan fingerprint density at radius 2 is 1.48 bits per heavy atom. The standard InChI is InChI=1S/C23H36N2/c1-3-4-11-19-16-17-22(24-20-12-7-5-8-13-20)18(2)23(19)25-21-14-9-6-10-15-21/h4,11,16-17,20-21,24-25H,3,5-10,12-15H2,1-2H3. The topological polar surface area (TPSA) is 24.1 Å². The number of anilines is 2. The van der Waals surface area contributed by atoms with Crippen LogP contribution in [0.15, 0.2) is 18.2 Å². The van der Waals surface area contributed by atoms with E-state index in [0.29, 0.717) is 12.1 Å². The lowest BCUT2D eigenvalue weighted by Crippen LogP contribution is -2.25. The van der Waals surface area contributed by atoms with Crippen LogP contribution in [-0.2, 0) is 0 Å². The fourth-order valence-electron chi connectivity index (χ4n) is 4.38. The number of hydrogen-bond acceptors (Lipinski definition) is 2. The number of benzene rings is 1. The van der Waals surface area contributed by atoms with Crippen LogP contribution in [0.1, 0.15) is 88.7 Å². The number of rotatable bonds is 6. The molecule has 0 saturated heterocycles. The fraction of sp³-hybridized carbons (Fsp3) is 0.652. The quantitative estimate of drug-likeness (QED) is 0.588. The molecule has 2 N–H and O–H groups in total. The minimum Gasteiger partial charge on any atom is -0.382 e. The van der Waals surface area contributed by atoms with Crippen LogP contribution in [0.3, 0.4) is 0 Å². The maximum atomic E-state index is 3.91. The van der Waals surface area contributed by atoms with Gasteiger partial charge in [0.05, 0.1) is 0 Å². The second kappa shape index (κ2) is 9.31. The summed E-state index contributed by atoms with van der Waals surface area (Å²) in [6, 6.07) is 5.90. The van der Waals surface area contributed by atoms with Crippen molar-refractivity contribution in [2.45, 2.75) is 96.6 Å². The van der Waals surface area contributed by atoms with E-state index >= 15 is 0 Å². The van der Waals surface area contributed by atoms with Gasteiger partial charge in [0, 0.05) is 23.5 Å². The lowest BCUT2D eigenvalue weighted by atomic mass is 9.93. The molecule has 25 heavy (non-hydrogen) atoms. The van der Waals surface area contributed by atoms with Crippen molar-refractivity contribution < 1.29 is 0 Å². The van der Waals surface area contributed by atoms with E-state index in [1.54, 1.807) is 0 Å². The molecule has 1 aromatic rings. The maximum absolute atomic E-state index is 3.91. The zero-order valence-electron chi connectivity index (χ0n) is 16.2. The van der Waals surface area contributed by atoms with Crippen LogP contribution in [0.2, 0.25) is 0 Å². The zero-order chi connectivity index (χ0) is 17.5. The maximum Gasteiger partial charge on any atom is 0.0466 e. The Bertz CT molecular complexity index is 564. The fourth-order valence-corrected chi connectivity index (χ4v) is 4.38. The Labute approximate surface area is 154 Å². The average Bonchev–Trinajstić information content (AvgIpc) is 2.66. The van der Waals surface area contributed by atoms with Crippen molar-refractivity contribution in [3.63, 3.8) is 0 Å². The van der Waals surface area contributed by atoms with Gasteiger partial charge in [-0.05, 0) is 56.2 Å². The third-order valence-corrected chi connectivity index (χ3v) is 5.95. The highest BCUT2D eigenvalue weighted by atomic mass is 15.0. The third-order valence-electron chi connectivity index (χ3n) is 5.95. The van der Waals surface area contributed by atoms with Crippen molar-refractivity contribution >= 4 is 17.5 Å². The monoisotopic (exact) mass is 340 g/mol. The number of nitrogens with one attached hydrogen (secondary N) is 2. The van der Waals surface area contributed by atoms with Crippen LogP contribution in [0.5, 0.6) is 0 Å². The number of hydrogen-bond donors (Lipinski definition) is 2. The predicted molar refractivity (Wildman–Crippen MR) is 111 cm³/mol. The van der Waals surface area contributed by atoms with E-state index in [-0.39, 0.29) is 0 Å². The summed E-state index contributed by atoms with van der Waals surface area (Å²) < 4.78 is 0. The minimum atomic E-state index is 0.645. The van der Waals surface area contributed by atoms with E-state index < -0.39 is 0 Å². The normalized spacial score (nSPS) is 20.1. The van der Waals surface area contributed by atoms with E-state index in [9.17, 15) is 0 Å². The summed E-state index contributed by atoms with van der Waals surface area (Å²) in [4.78, 5) is 0. The van der Waals surface area contributed by atoms with Crippen molar-refractivity contribution in [2.24, 2.45) is 0 Å². The highest BCUT2D eigenvalue weighted by molar-refractivity contribution is 5.76. The van der Waals surface area contributed by atoms with Gasteiger partial charge in [0.2, 0.25) is 0 Å². The minimum absolute atomic E-state index is 0.645. The highest BCUT2D eigenvalue weighted by Crippen LogP contribution is 2.33. The average molecular weight is 341 g/mol. The van der Waals surface area contributed by atoms with Crippen LogP contribution < -0.4 is 10.6 Å². The Morgan fingerprint density at radius 1 is 0.880 bits per heavy atom. The molecule has 0 amide bonds. The summed E-state index contributed by atoms with van der Waals surface area (Å²) in [5, 5.41) is 7.76. The molecule has 0 radical (unpaired) electrons. The predicted octanol–water partition coefficient (Wildman–Crippen LogP) is 6.91. The molecule has 2 fully saturated rings. The zero-order valence-corrected chi connectivity index (χ0v) is 16.2. The molecular weight excluding hydrogens is 304 g/mol. The van der Waals surface area contributed by atoms with Crippen LogP contribution in [0.25, 0.3) is 6.08 Å². The van der Waals surface area contributed by atoms with Crippen molar-refractivity contribution in [1.82, 2.24) is 0 Å². The molecule has 0 bridgehead atoms. The Hall–Kier alpha value is -1.44. The molecule has 138 valence electrons. The summed E-state index contributed by atoms with van der Waals surface area (Å²) in [6.45, 7) is 4.50. The Kier molecular flexibility index (Phi) is 6.84. The lowest BCUT2D eigenvalue weighted by Gasteiger charge is -2.29. The van der Waals surface area contributed by atoms with Crippen LogP contribution in [0.4, 0.5) is 11.4 Å². The molecule has 0 heterocycles. The second-order valence-electron chi connectivity index (χ2n) is 7.97. The molecule has 3 rings (SSSR count). The van der Waals surface area contributed by atoms with Gasteiger partial charge < -0.3 is 10.6 Å². The molecule has 0 aliphatic heterocycles. The molecule has 2 saturated carbocycles. The molecule has 2 nitrogen and oxygen atoms in total. The summed E-state index contributed by atoms with van der Waals surface area (Å²) in [5.74, 6) is 0. The second-order valence-corrected chi connectivity index (χ2v) is 7.97. The first-order valence-corrected chi connectivity index (χ1v) is 10.6. The molecule has 0 spiro atoms. The summed E-state index contributed by atoms with van der Waals surface area (Å²) in [6.07, 6.45) is 19.2. The Morgan fingerprint density at radius 3 is 2.08 bits per heavy atom. The van der Waals surface area contributed by atoms with Gasteiger partial charge in [0.25, 0.3) is 0 Å². The van der Waals surface area contributed by atoms with Crippen molar-refractivity contribution in [1.29, 1.82) is 0 Å². The summed E-state index contributed by atoms with van der Waals surface area (Å²) >= 11 is 0. The smallest absolute Gasteiger partial charge is 0.0466 e. The first-order chi connectivity index (χ1) is 12.3. The van der Waals surface area contributed by atoms with E-state index in [1.807, 2.05) is 0 Å². The SMILES string of the molecule is CCC=Cc1ccc(NC2CCCCC2)c(C)c1NC1CCCCC1. The molecule has 2 aliphatic carbocycles. The third kappa shape index (κ3) is 5.03.